The fourth-order valence-corrected chi connectivity index (χ4v) is 5.27. The number of unbranched alkanes of at least 4 members (excludes halogenated alkanes) is 1. The fourth-order valence-electron chi connectivity index (χ4n) is 5.27. The Morgan fingerprint density at radius 3 is 2.50 bits per heavy atom. The molecule has 3 atom stereocenters. The molecule has 0 heteroatoms. The van der Waals surface area contributed by atoms with Crippen molar-refractivity contribution in [1.29, 1.82) is 0 Å². The summed E-state index contributed by atoms with van der Waals surface area (Å²) in [6, 6.07) is 7.02. The van der Waals surface area contributed by atoms with Crippen molar-refractivity contribution in [2.75, 3.05) is 0 Å². The maximum absolute atomic E-state index is 4.68. The molecular weight excluding hydrogens is 336 g/mol. The van der Waals surface area contributed by atoms with Gasteiger partial charge >= 0.3 is 0 Å². The summed E-state index contributed by atoms with van der Waals surface area (Å²) in [5.41, 5.74) is 7.48. The van der Waals surface area contributed by atoms with Crippen LogP contribution in [0.2, 0.25) is 0 Å². The predicted molar refractivity (Wildman–Crippen MR) is 126 cm³/mol. The van der Waals surface area contributed by atoms with E-state index in [4.69, 9.17) is 0 Å². The lowest BCUT2D eigenvalue weighted by Crippen LogP contribution is -2.28. The van der Waals surface area contributed by atoms with Crippen LogP contribution in [0.1, 0.15) is 95.2 Å². The van der Waals surface area contributed by atoms with Gasteiger partial charge in [-0.2, -0.15) is 0 Å². The number of allylic oxidation sites excluding steroid dienone is 2. The van der Waals surface area contributed by atoms with Crippen molar-refractivity contribution in [3.8, 4) is 0 Å². The smallest absolute Gasteiger partial charge is 0.0138 e. The average Bonchev–Trinajstić information content (AvgIpc) is 2.68. The summed E-state index contributed by atoms with van der Waals surface area (Å²) in [5.74, 6) is 2.21. The molecule has 1 fully saturated rings. The Morgan fingerprint density at radius 1 is 1.04 bits per heavy atom. The van der Waals surface area contributed by atoms with Gasteiger partial charge in [-0.15, -0.1) is 0 Å². The van der Waals surface area contributed by atoms with Gasteiger partial charge in [-0.25, -0.2) is 0 Å². The Morgan fingerprint density at radius 2 is 1.82 bits per heavy atom. The van der Waals surface area contributed by atoms with Crippen molar-refractivity contribution in [2.24, 2.45) is 17.8 Å². The van der Waals surface area contributed by atoms with E-state index in [2.05, 4.69) is 59.1 Å². The number of benzene rings is 1. The van der Waals surface area contributed by atoms with Gasteiger partial charge < -0.3 is 0 Å². The minimum atomic E-state index is 0.674. The molecule has 3 unspecified atom stereocenters. The molecule has 1 aromatic rings. The molecular formula is C28H44. The van der Waals surface area contributed by atoms with E-state index in [1.807, 2.05) is 0 Å². The third-order valence-corrected chi connectivity index (χ3v) is 7.00. The minimum Gasteiger partial charge on any atom is -0.0998 e. The van der Waals surface area contributed by atoms with Crippen molar-refractivity contribution in [2.45, 2.75) is 98.3 Å². The zero-order valence-electron chi connectivity index (χ0n) is 19.2. The van der Waals surface area contributed by atoms with Crippen LogP contribution in [0, 0.1) is 24.7 Å². The van der Waals surface area contributed by atoms with E-state index in [1.54, 1.807) is 11.1 Å². The van der Waals surface area contributed by atoms with Gasteiger partial charge in [0.2, 0.25) is 0 Å². The van der Waals surface area contributed by atoms with E-state index in [1.165, 1.54) is 80.9 Å². The Labute approximate surface area is 175 Å². The van der Waals surface area contributed by atoms with E-state index >= 15 is 0 Å². The molecule has 1 aliphatic carbocycles. The lowest BCUT2D eigenvalue weighted by atomic mass is 9.66. The second-order valence-corrected chi connectivity index (χ2v) is 9.23. The van der Waals surface area contributed by atoms with Crippen LogP contribution < -0.4 is 0 Å². The van der Waals surface area contributed by atoms with Crippen LogP contribution in [0.15, 0.2) is 42.5 Å². The highest BCUT2D eigenvalue weighted by molar-refractivity contribution is 5.32. The second kappa shape index (κ2) is 11.6. The number of hydrogen-bond acceptors (Lipinski definition) is 0. The molecule has 0 aromatic heterocycles. The van der Waals surface area contributed by atoms with Gasteiger partial charge in [0, 0.05) is 0 Å². The van der Waals surface area contributed by atoms with E-state index in [0.717, 1.165) is 12.3 Å². The maximum atomic E-state index is 4.68. The molecule has 0 bridgehead atoms. The first kappa shape index (κ1) is 23.0. The summed E-state index contributed by atoms with van der Waals surface area (Å²) < 4.78 is 0. The summed E-state index contributed by atoms with van der Waals surface area (Å²) >= 11 is 0. The molecule has 0 nitrogen and oxygen atoms in total. The van der Waals surface area contributed by atoms with Gasteiger partial charge in [-0.1, -0.05) is 88.1 Å². The van der Waals surface area contributed by atoms with Gasteiger partial charge in [0.25, 0.3) is 0 Å². The molecule has 156 valence electrons. The summed E-state index contributed by atoms with van der Waals surface area (Å²) in [4.78, 5) is 0. The monoisotopic (exact) mass is 380 g/mol. The molecule has 1 aliphatic rings. The largest absolute Gasteiger partial charge is 0.0998 e. The topological polar surface area (TPSA) is 0 Å². The van der Waals surface area contributed by atoms with Gasteiger partial charge in [0.15, 0.2) is 0 Å². The number of hydrogen-bond donors (Lipinski definition) is 0. The van der Waals surface area contributed by atoms with Crippen LogP contribution in [0.4, 0.5) is 0 Å². The van der Waals surface area contributed by atoms with E-state index < -0.39 is 0 Å². The lowest BCUT2D eigenvalue weighted by Gasteiger charge is -2.39. The maximum Gasteiger partial charge on any atom is -0.0138 e. The standard InChI is InChI=1S/C28H44/c1-7-10-12-27-18-16-25(23(6)28(27)20-21(4)11-8-2)15-17-26-14-13-22(5)19-24(26)9-3/h13-14,19,25,27-28H,4,6-12,15-18,20H2,1-3,5H3. The number of aryl methyl sites for hydroxylation is 3. The van der Waals surface area contributed by atoms with Crippen LogP contribution in [0.25, 0.3) is 0 Å². The van der Waals surface area contributed by atoms with Crippen molar-refractivity contribution in [3.05, 3.63) is 59.2 Å². The summed E-state index contributed by atoms with van der Waals surface area (Å²) in [6.45, 7) is 18.1. The normalized spacial score (nSPS) is 22.4. The molecule has 0 saturated heterocycles. The van der Waals surface area contributed by atoms with Gasteiger partial charge in [-0.3, -0.25) is 0 Å². The number of rotatable bonds is 11. The Hall–Kier alpha value is -1.30. The zero-order chi connectivity index (χ0) is 20.5. The first-order valence-corrected chi connectivity index (χ1v) is 11.9. The van der Waals surface area contributed by atoms with E-state index in [0.29, 0.717) is 11.8 Å². The third-order valence-electron chi connectivity index (χ3n) is 7.00. The highest BCUT2D eigenvalue weighted by Gasteiger charge is 2.33. The summed E-state index contributed by atoms with van der Waals surface area (Å²) in [5, 5.41) is 0. The predicted octanol–water partition coefficient (Wildman–Crippen LogP) is 8.63. The zero-order valence-corrected chi connectivity index (χ0v) is 19.2. The Balaban J connectivity index is 2.05. The molecule has 0 radical (unpaired) electrons. The molecule has 1 aromatic carbocycles. The molecule has 2 rings (SSSR count). The SMILES string of the molecule is C=C(CCC)CC1C(=C)C(CCc2ccc(C)cc2CC)CCC1CCCC. The molecule has 0 spiro atoms. The molecule has 28 heavy (non-hydrogen) atoms. The first-order valence-electron chi connectivity index (χ1n) is 11.9. The molecule has 0 heterocycles. The average molecular weight is 381 g/mol. The van der Waals surface area contributed by atoms with Crippen LogP contribution in [-0.2, 0) is 12.8 Å². The Bertz CT molecular complexity index is 635. The fraction of sp³-hybridized carbons (Fsp3) is 0.643. The summed E-state index contributed by atoms with van der Waals surface area (Å²) in [7, 11) is 0. The van der Waals surface area contributed by atoms with E-state index in [9.17, 15) is 0 Å². The van der Waals surface area contributed by atoms with Crippen molar-refractivity contribution in [1.82, 2.24) is 0 Å². The highest BCUT2D eigenvalue weighted by atomic mass is 14.4. The van der Waals surface area contributed by atoms with Crippen LogP contribution in [0.3, 0.4) is 0 Å². The lowest BCUT2D eigenvalue weighted by molar-refractivity contribution is 0.231. The van der Waals surface area contributed by atoms with Gasteiger partial charge in [0.05, 0.1) is 0 Å². The van der Waals surface area contributed by atoms with Gasteiger partial charge in [0.1, 0.15) is 0 Å². The molecule has 1 saturated carbocycles. The van der Waals surface area contributed by atoms with Crippen molar-refractivity contribution in [3.63, 3.8) is 0 Å². The summed E-state index contributed by atoms with van der Waals surface area (Å²) in [6.07, 6.45) is 14.0. The van der Waals surface area contributed by atoms with Crippen molar-refractivity contribution >= 4 is 0 Å². The van der Waals surface area contributed by atoms with Gasteiger partial charge in [-0.05, 0) is 87.2 Å². The van der Waals surface area contributed by atoms with Crippen molar-refractivity contribution < 1.29 is 0 Å². The van der Waals surface area contributed by atoms with Crippen LogP contribution in [-0.4, -0.2) is 0 Å². The molecule has 0 aliphatic heterocycles. The third kappa shape index (κ3) is 6.36. The Kier molecular flexibility index (Phi) is 9.56. The molecule has 0 N–H and O–H groups in total. The first-order chi connectivity index (χ1) is 13.5. The molecule has 0 amide bonds. The van der Waals surface area contributed by atoms with Crippen LogP contribution >= 0.6 is 0 Å². The quantitative estimate of drug-likeness (QED) is 0.337. The minimum absolute atomic E-state index is 0.674. The van der Waals surface area contributed by atoms with Crippen LogP contribution in [0.5, 0.6) is 0 Å². The van der Waals surface area contributed by atoms with E-state index in [-0.39, 0.29) is 0 Å². The second-order valence-electron chi connectivity index (χ2n) is 9.23. The highest BCUT2D eigenvalue weighted by Crippen LogP contribution is 2.44.